The molecular formula is C99H157BrCl2N22O4S3. The number of aliphatic imine (C=N–C) groups is 3. The normalized spacial score (nSPS) is 13.7. The van der Waals surface area contributed by atoms with E-state index in [9.17, 15) is 17.4 Å². The predicted molar refractivity (Wildman–Crippen MR) is 557 cm³/mol. The molecule has 0 saturated heterocycles. The molecule has 1 aromatic carbocycles. The van der Waals surface area contributed by atoms with Gasteiger partial charge >= 0.3 is 0 Å². The molecule has 13 rings (SSSR count). The van der Waals surface area contributed by atoms with Gasteiger partial charge in [0.2, 0.25) is 0 Å². The van der Waals surface area contributed by atoms with E-state index in [0.29, 0.717) is 28.1 Å². The molecule has 32 heteroatoms. The largest absolute Gasteiger partial charge is 0.364 e. The second-order valence-corrected chi connectivity index (χ2v) is 49.6. The van der Waals surface area contributed by atoms with Crippen molar-refractivity contribution in [3.05, 3.63) is 210 Å². The smallest absolute Gasteiger partial charge is 0.266 e. The number of nitrogens with zero attached hydrogens (tertiary/aromatic N) is 12. The van der Waals surface area contributed by atoms with E-state index >= 15 is 0 Å². The Morgan fingerprint density at radius 1 is 0.496 bits per heavy atom. The van der Waals surface area contributed by atoms with E-state index in [-0.39, 0.29) is 64.6 Å². The number of nitriles is 1. The maximum Gasteiger partial charge on any atom is 0.266 e. The van der Waals surface area contributed by atoms with Gasteiger partial charge in [-0.2, -0.15) is 5.26 Å². The lowest BCUT2D eigenvalue weighted by atomic mass is 9.92. The third kappa shape index (κ3) is 43.4. The van der Waals surface area contributed by atoms with Crippen molar-refractivity contribution in [1.29, 1.82) is 5.26 Å². The number of hydrogen-bond acceptors (Lipinski definition) is 17. The first kappa shape index (κ1) is 118. The Labute approximate surface area is 809 Å². The monoisotopic (exact) mass is 1960 g/mol. The minimum atomic E-state index is -3.10. The molecule has 131 heavy (non-hydrogen) atoms. The number of aryl methyl sites for hydroxylation is 5. The van der Waals surface area contributed by atoms with Gasteiger partial charge in [0.15, 0.2) is 9.84 Å². The minimum absolute atomic E-state index is 0.00486. The zero-order chi connectivity index (χ0) is 101. The molecule has 0 spiro atoms. The molecule has 1 atom stereocenters. The highest BCUT2D eigenvalue weighted by molar-refractivity contribution is 9.10. The van der Waals surface area contributed by atoms with Crippen molar-refractivity contribution in [2.24, 2.45) is 31.5 Å². The average molecular weight is 1970 g/mol. The van der Waals surface area contributed by atoms with E-state index in [1.54, 1.807) is 36.6 Å². The number of aromatic nitrogens is 17. The Morgan fingerprint density at radius 3 is 1.20 bits per heavy atom. The third-order valence-electron chi connectivity index (χ3n) is 18.8. The number of para-hydroxylation sites is 2. The number of halogens is 3. The van der Waals surface area contributed by atoms with Crippen molar-refractivity contribution in [1.82, 2.24) is 84.7 Å². The van der Waals surface area contributed by atoms with Crippen LogP contribution in [0.2, 0.25) is 10.3 Å². The fourth-order valence-corrected chi connectivity index (χ4v) is 12.8. The fourth-order valence-electron chi connectivity index (χ4n) is 10.5. The van der Waals surface area contributed by atoms with Crippen LogP contribution in [-0.2, 0) is 69.4 Å². The molecule has 0 aliphatic carbocycles. The summed E-state index contributed by atoms with van der Waals surface area (Å²) in [5.41, 5.74) is 19.1. The van der Waals surface area contributed by atoms with E-state index in [1.807, 2.05) is 139 Å². The van der Waals surface area contributed by atoms with Crippen molar-refractivity contribution >= 4 is 104 Å². The van der Waals surface area contributed by atoms with Gasteiger partial charge in [0.25, 0.3) is 5.91 Å². The lowest BCUT2D eigenvalue weighted by Crippen LogP contribution is -2.15. The molecular weight excluding hydrogens is 1810 g/mol. The first-order chi connectivity index (χ1) is 59.3. The van der Waals surface area contributed by atoms with Gasteiger partial charge in [-0.25, -0.2) is 58.3 Å². The van der Waals surface area contributed by atoms with Gasteiger partial charge in [0, 0.05) is 138 Å². The van der Waals surface area contributed by atoms with E-state index in [4.69, 9.17) is 34.2 Å². The summed E-state index contributed by atoms with van der Waals surface area (Å²) in [4.78, 5) is 85.3. The van der Waals surface area contributed by atoms with Crippen molar-refractivity contribution in [3.63, 3.8) is 0 Å². The van der Waals surface area contributed by atoms with Crippen LogP contribution in [0.5, 0.6) is 0 Å². The quantitative estimate of drug-likeness (QED) is 0.0730. The number of nitrogens with two attached hydrogens (primary N) is 1. The summed E-state index contributed by atoms with van der Waals surface area (Å²) in [6, 6.07) is 12.3. The Kier molecular flexibility index (Phi) is 44.1. The van der Waals surface area contributed by atoms with Gasteiger partial charge in [-0.15, -0.1) is 11.8 Å². The van der Waals surface area contributed by atoms with Crippen molar-refractivity contribution < 1.29 is 17.4 Å². The number of nitrogens with one attached hydrogen (secondary N) is 9. The second-order valence-electron chi connectivity index (χ2n) is 43.7. The summed E-state index contributed by atoms with van der Waals surface area (Å²) in [5, 5.41) is 12.0. The van der Waals surface area contributed by atoms with Crippen LogP contribution in [0.1, 0.15) is 351 Å². The lowest BCUT2D eigenvalue weighted by Gasteiger charge is -2.16. The minimum Gasteiger partial charge on any atom is -0.364 e. The Balaban J connectivity index is 0.000000484. The molecule has 0 bridgehead atoms. The molecule has 726 valence electrons. The number of fused-ring (bicyclic) bond motifs is 1. The highest BCUT2D eigenvalue weighted by Crippen LogP contribution is 2.34. The number of primary amides is 1. The number of carbonyl (C=O) groups is 1. The molecule has 3 aliphatic heterocycles. The number of rotatable bonds is 1. The Bertz CT molecular complexity index is 5330. The maximum absolute atomic E-state index is 11.1. The number of hydrogen-bond donors (Lipinski definition) is 10. The molecule has 1 amide bonds. The SMILES string of the molecule is CC(C)(C)C1=CCC(S(C)(=O)=O)=N1.CC(C)(C)c1nc2ccccc2[nH]1.CC(C)(C)c1ncc(Br)[nH]1.CC(C)(C)c1ncc(C#N)[nH]1.CC(C)(C)c1ncc(C(N)=O)[nH]1.CC(C)(C)c1ncc(Cl)[nH]1.CC1=CCC(S(C)=O)=N1.CSC1=NC(C(C)(C)C)=CC1.Cc1[nH]c(C(C)(C)C)nc1Cl.Cc1c[nH]c(C(C)(C)C)c1.Cc1cnc(C(C)(C)C)[nH]1.Cc1nc(C(C)(C)C)[nH]c1C. The highest BCUT2D eigenvalue weighted by Gasteiger charge is 2.28. The van der Waals surface area contributed by atoms with E-state index in [0.717, 1.165) is 109 Å². The first-order valence-electron chi connectivity index (χ1n) is 43.8. The first-order valence-corrected chi connectivity index (χ1v) is 50.0. The van der Waals surface area contributed by atoms with E-state index < -0.39 is 26.5 Å². The van der Waals surface area contributed by atoms with Crippen LogP contribution in [0.15, 0.2) is 122 Å². The Hall–Kier alpha value is -8.86. The number of H-pyrrole nitrogens is 9. The average Bonchev–Trinajstić information content (AvgIpc) is 1.65. The van der Waals surface area contributed by atoms with Crippen LogP contribution in [-0.4, -0.2) is 137 Å². The van der Waals surface area contributed by atoms with Crippen molar-refractivity contribution in [3.8, 4) is 6.07 Å². The summed E-state index contributed by atoms with van der Waals surface area (Å²) in [6.45, 7) is 81.8. The number of sulfone groups is 1. The van der Waals surface area contributed by atoms with Crippen LogP contribution in [0.3, 0.4) is 0 Å². The number of imidazole rings is 8. The summed E-state index contributed by atoms with van der Waals surface area (Å²) < 4.78 is 34.0. The zero-order valence-electron chi connectivity index (χ0n) is 86.6. The lowest BCUT2D eigenvalue weighted by molar-refractivity contribution is 0.0995. The van der Waals surface area contributed by atoms with Gasteiger partial charge in [-0.1, -0.05) is 282 Å². The topological polar surface area (TPSA) is 400 Å². The predicted octanol–water partition coefficient (Wildman–Crippen LogP) is 25.6. The van der Waals surface area contributed by atoms with Crippen LogP contribution >= 0.6 is 50.9 Å². The molecule has 0 radical (unpaired) electrons. The molecule has 12 heterocycles. The summed E-state index contributed by atoms with van der Waals surface area (Å²) in [5.74, 6) is 7.23. The zero-order valence-corrected chi connectivity index (χ0v) is 92.2. The molecule has 11 N–H and O–H groups in total. The molecule has 0 saturated carbocycles. The highest BCUT2D eigenvalue weighted by atomic mass is 79.9. The van der Waals surface area contributed by atoms with Crippen molar-refractivity contribution in [2.45, 2.75) is 338 Å². The molecule has 3 aliphatic rings. The molecule has 9 aromatic heterocycles. The summed E-state index contributed by atoms with van der Waals surface area (Å²) in [6.07, 6.45) is 23.6. The molecule has 1 unspecified atom stereocenters. The molecule has 0 fully saturated rings. The number of thioether (sulfide) groups is 1. The van der Waals surface area contributed by atoms with Crippen LogP contribution < -0.4 is 5.73 Å². The van der Waals surface area contributed by atoms with E-state index in [2.05, 4.69) is 320 Å². The third-order valence-corrected chi connectivity index (χ3v) is 22.6. The molecule has 10 aromatic rings. The number of aromatic amines is 9. The summed E-state index contributed by atoms with van der Waals surface area (Å²) in [7, 11) is -3.96. The number of carbonyl (C=O) groups excluding carboxylic acids is 1. The number of amides is 1. The van der Waals surface area contributed by atoms with Gasteiger partial charge in [-0.3, -0.25) is 14.0 Å². The van der Waals surface area contributed by atoms with Crippen LogP contribution in [0.4, 0.5) is 0 Å². The van der Waals surface area contributed by atoms with E-state index in [1.165, 1.54) is 40.1 Å². The van der Waals surface area contributed by atoms with Crippen LogP contribution in [0.25, 0.3) is 11.0 Å². The fraction of sp³-hybridized carbons (Fsp3) is 0.566. The standard InChI is InChI=1S/C11H14N2.C9H16N2.C9H15NO2S.C9H15NS.C9H15N.C8H13ClN2.C8H13N3O.C8H11N3.C8H14N2.C7H11BrN2.C7H11ClN2.C6H9NOS/c1-11(2,3)10-12-8-6-4-5-7-9(8)13-10;1-6-7(2)11-8(10-6)9(3,4)5;1-9(2,3)7-5-6-8(10-7)13(4,11)12;1-9(2,3)7-5-6-8(10-7)11-4;1-7-5-8(10-6-7)9(2,3)4;1-5-6(9)11-7(10-5)8(2,3)4;1-8(2,3)7-10-4-5(11-7)6(9)12;1-8(2,3)7-10-5-6(4-9)11-7;1-6-5-9-7(10-6)8(2,3)4;2*1-7(2,3)6-9-4-5(8)10-6;1-5-3-4-6(7-5)9(2)8/h4-7H,1-3H3,(H,12,13);1-5H3,(H,10,11);5H,6H2,1-4H3;5H,6H2,1-4H3;5-6,10H,1-4H3;1-4H3,(H,10,11);4H,1-3H3,(H2,9,12)(H,10,11);5H,1-3H3,(H,10,11);5H,1-4H3,(H,9,10);2*4H,1-3H3,(H,9,10);3H,4H2,1-2H3. The van der Waals surface area contributed by atoms with Gasteiger partial charge in [0.1, 0.15) is 89.0 Å². The molecule has 26 nitrogen and oxygen atoms in total. The van der Waals surface area contributed by atoms with Gasteiger partial charge in [0.05, 0.1) is 63.1 Å². The van der Waals surface area contributed by atoms with Crippen molar-refractivity contribution in [2.75, 3.05) is 18.8 Å². The Morgan fingerprint density at radius 2 is 0.939 bits per heavy atom. The van der Waals surface area contributed by atoms with Crippen LogP contribution in [0, 0.1) is 56.8 Å². The number of allylic oxidation sites excluding steroid dienone is 6. The summed E-state index contributed by atoms with van der Waals surface area (Å²) >= 11 is 16.5. The maximum atomic E-state index is 11.1. The van der Waals surface area contributed by atoms with Gasteiger partial charge in [-0.05, 0) is 87.5 Å². The second kappa shape index (κ2) is 48.9. The number of benzene rings is 1. The van der Waals surface area contributed by atoms with Gasteiger partial charge < -0.3 is 50.6 Å².